The normalized spacial score (nSPS) is 10.8. The number of benzene rings is 2. The number of nitriles is 1. The molecule has 0 atom stereocenters. The Morgan fingerprint density at radius 2 is 1.88 bits per heavy atom. The van der Waals surface area contributed by atoms with Crippen molar-refractivity contribution in [2.24, 2.45) is 0 Å². The van der Waals surface area contributed by atoms with Crippen LogP contribution in [0.4, 0.5) is 5.69 Å². The summed E-state index contributed by atoms with van der Waals surface area (Å²) in [6, 6.07) is 13.1. The maximum atomic E-state index is 11.4. The summed E-state index contributed by atoms with van der Waals surface area (Å²) >= 11 is 0. The molecule has 1 N–H and O–H groups in total. The predicted octanol–water partition coefficient (Wildman–Crippen LogP) is 2.66. The summed E-state index contributed by atoms with van der Waals surface area (Å²) in [6.07, 6.45) is 1.15. The van der Waals surface area contributed by atoms with E-state index in [4.69, 9.17) is 10.00 Å². The third-order valence-electron chi connectivity index (χ3n) is 3.48. The van der Waals surface area contributed by atoms with Gasteiger partial charge in [-0.1, -0.05) is 0 Å². The third-order valence-corrected chi connectivity index (χ3v) is 4.61. The van der Waals surface area contributed by atoms with E-state index in [0.717, 1.165) is 6.26 Å². The molecule has 7 heteroatoms. The first-order valence-electron chi connectivity index (χ1n) is 7.53. The smallest absolute Gasteiger partial charge is 0.175 e. The number of sulfone groups is 1. The van der Waals surface area contributed by atoms with Crippen molar-refractivity contribution in [3.8, 4) is 11.8 Å². The monoisotopic (exact) mass is 358 g/mol. The molecule has 0 unspecified atom stereocenters. The summed E-state index contributed by atoms with van der Waals surface area (Å²) < 4.78 is 28.3. The summed E-state index contributed by atoms with van der Waals surface area (Å²) in [4.78, 5) is 11.7. The standard InChI is InChI=1S/C18H18N2O4S/c1-13(21)14-3-4-15(12-19)18(11-14)20-9-10-24-16-5-7-17(8-6-16)25(2,22)23/h3-8,11,20H,9-10H2,1-2H3. The highest BCUT2D eigenvalue weighted by atomic mass is 32.2. The van der Waals surface area contributed by atoms with Gasteiger partial charge in [0.1, 0.15) is 18.4 Å². The van der Waals surface area contributed by atoms with Crippen LogP contribution in [-0.2, 0) is 9.84 Å². The lowest BCUT2D eigenvalue weighted by atomic mass is 10.1. The van der Waals surface area contributed by atoms with E-state index in [-0.39, 0.29) is 10.7 Å². The number of anilines is 1. The zero-order valence-corrected chi connectivity index (χ0v) is 14.8. The van der Waals surface area contributed by atoms with Gasteiger partial charge in [-0.05, 0) is 49.4 Å². The Hall–Kier alpha value is -2.85. The second-order valence-electron chi connectivity index (χ2n) is 5.45. The molecule has 2 rings (SSSR count). The molecule has 0 fully saturated rings. The molecule has 0 aliphatic heterocycles. The molecule has 130 valence electrons. The number of nitrogens with zero attached hydrogens (tertiary/aromatic N) is 1. The maximum absolute atomic E-state index is 11.4. The molecule has 0 heterocycles. The fourth-order valence-electron chi connectivity index (χ4n) is 2.14. The van der Waals surface area contributed by atoms with Crippen LogP contribution in [0, 0.1) is 11.3 Å². The molecule has 2 aromatic carbocycles. The first-order valence-corrected chi connectivity index (χ1v) is 9.42. The molecule has 0 saturated heterocycles. The molecule has 25 heavy (non-hydrogen) atoms. The second-order valence-corrected chi connectivity index (χ2v) is 7.46. The number of Topliss-reactive ketones (excluding diaryl/α,β-unsaturated/α-hetero) is 1. The fourth-order valence-corrected chi connectivity index (χ4v) is 2.78. The van der Waals surface area contributed by atoms with Crippen molar-refractivity contribution in [3.05, 3.63) is 53.6 Å². The molecule has 0 aromatic heterocycles. The van der Waals surface area contributed by atoms with Crippen molar-refractivity contribution < 1.29 is 17.9 Å². The van der Waals surface area contributed by atoms with Crippen LogP contribution in [0.2, 0.25) is 0 Å². The number of rotatable bonds is 7. The number of nitrogens with one attached hydrogen (secondary N) is 1. The van der Waals surface area contributed by atoms with Crippen LogP contribution in [0.3, 0.4) is 0 Å². The first-order chi connectivity index (χ1) is 11.8. The van der Waals surface area contributed by atoms with Gasteiger partial charge < -0.3 is 10.1 Å². The van der Waals surface area contributed by atoms with Gasteiger partial charge in [-0.15, -0.1) is 0 Å². The number of carbonyl (C=O) groups excluding carboxylic acids is 1. The maximum Gasteiger partial charge on any atom is 0.175 e. The van der Waals surface area contributed by atoms with Crippen LogP contribution in [-0.4, -0.2) is 33.6 Å². The minimum Gasteiger partial charge on any atom is -0.492 e. The van der Waals surface area contributed by atoms with Crippen molar-refractivity contribution >= 4 is 21.3 Å². The predicted molar refractivity (Wildman–Crippen MR) is 94.7 cm³/mol. The van der Waals surface area contributed by atoms with Crippen LogP contribution in [0.1, 0.15) is 22.8 Å². The van der Waals surface area contributed by atoms with E-state index in [9.17, 15) is 13.2 Å². The van der Waals surface area contributed by atoms with Gasteiger partial charge in [-0.25, -0.2) is 8.42 Å². The van der Waals surface area contributed by atoms with E-state index in [1.165, 1.54) is 19.1 Å². The average molecular weight is 358 g/mol. The van der Waals surface area contributed by atoms with Crippen LogP contribution >= 0.6 is 0 Å². The van der Waals surface area contributed by atoms with Crippen molar-refractivity contribution in [3.63, 3.8) is 0 Å². The Labute approximate surface area is 147 Å². The number of carbonyl (C=O) groups is 1. The average Bonchev–Trinajstić information content (AvgIpc) is 2.58. The molecule has 0 amide bonds. The van der Waals surface area contributed by atoms with Gasteiger partial charge in [0.05, 0.1) is 16.1 Å². The van der Waals surface area contributed by atoms with Gasteiger partial charge >= 0.3 is 0 Å². The molecule has 0 bridgehead atoms. The largest absolute Gasteiger partial charge is 0.492 e. The highest BCUT2D eigenvalue weighted by Crippen LogP contribution is 2.18. The molecule has 0 spiro atoms. The van der Waals surface area contributed by atoms with E-state index >= 15 is 0 Å². The lowest BCUT2D eigenvalue weighted by Gasteiger charge is -2.11. The van der Waals surface area contributed by atoms with E-state index in [1.807, 2.05) is 0 Å². The summed E-state index contributed by atoms with van der Waals surface area (Å²) in [5.41, 5.74) is 1.55. The minimum atomic E-state index is -3.23. The van der Waals surface area contributed by atoms with E-state index in [1.54, 1.807) is 30.3 Å². The zero-order valence-electron chi connectivity index (χ0n) is 13.9. The Balaban J connectivity index is 1.94. The second kappa shape index (κ2) is 7.81. The van der Waals surface area contributed by atoms with Gasteiger partial charge in [-0.2, -0.15) is 5.26 Å². The van der Waals surface area contributed by atoms with E-state index < -0.39 is 9.84 Å². The first kappa shape index (κ1) is 18.5. The van der Waals surface area contributed by atoms with Crippen molar-refractivity contribution in [2.75, 3.05) is 24.7 Å². The van der Waals surface area contributed by atoms with Crippen molar-refractivity contribution in [1.82, 2.24) is 0 Å². The molecular weight excluding hydrogens is 340 g/mol. The highest BCUT2D eigenvalue weighted by Gasteiger charge is 2.07. The Morgan fingerprint density at radius 1 is 1.20 bits per heavy atom. The van der Waals surface area contributed by atoms with Gasteiger partial charge in [0.25, 0.3) is 0 Å². The summed E-state index contributed by atoms with van der Waals surface area (Å²) in [6.45, 7) is 2.20. The van der Waals surface area contributed by atoms with Gasteiger partial charge in [-0.3, -0.25) is 4.79 Å². The van der Waals surface area contributed by atoms with Gasteiger partial charge in [0.15, 0.2) is 15.6 Å². The molecule has 0 aliphatic carbocycles. The van der Waals surface area contributed by atoms with Crippen LogP contribution < -0.4 is 10.1 Å². The molecule has 0 radical (unpaired) electrons. The van der Waals surface area contributed by atoms with Crippen LogP contribution in [0.25, 0.3) is 0 Å². The Kier molecular flexibility index (Phi) is 5.78. The minimum absolute atomic E-state index is 0.0743. The van der Waals surface area contributed by atoms with Gasteiger partial charge in [0.2, 0.25) is 0 Å². The van der Waals surface area contributed by atoms with E-state index in [0.29, 0.717) is 35.7 Å². The van der Waals surface area contributed by atoms with Gasteiger partial charge in [0, 0.05) is 18.4 Å². The molecule has 0 aliphatic rings. The zero-order chi connectivity index (χ0) is 18.4. The molecule has 0 saturated carbocycles. The highest BCUT2D eigenvalue weighted by molar-refractivity contribution is 7.90. The summed E-state index contributed by atoms with van der Waals surface area (Å²) in [5, 5.41) is 12.2. The molecule has 6 nitrogen and oxygen atoms in total. The lowest BCUT2D eigenvalue weighted by Crippen LogP contribution is -2.12. The SMILES string of the molecule is CC(=O)c1ccc(C#N)c(NCCOc2ccc(S(C)(=O)=O)cc2)c1. The quantitative estimate of drug-likeness (QED) is 0.604. The summed E-state index contributed by atoms with van der Waals surface area (Å²) in [5.74, 6) is 0.474. The Bertz CT molecular complexity index is 913. The van der Waals surface area contributed by atoms with Crippen molar-refractivity contribution in [2.45, 2.75) is 11.8 Å². The molecule has 2 aromatic rings. The van der Waals surface area contributed by atoms with Crippen LogP contribution in [0.15, 0.2) is 47.4 Å². The Morgan fingerprint density at radius 3 is 2.44 bits per heavy atom. The lowest BCUT2D eigenvalue weighted by molar-refractivity contribution is 0.101. The summed E-state index contributed by atoms with van der Waals surface area (Å²) in [7, 11) is -3.23. The number of hydrogen-bond donors (Lipinski definition) is 1. The number of ether oxygens (including phenoxy) is 1. The number of ketones is 1. The number of hydrogen-bond acceptors (Lipinski definition) is 6. The van der Waals surface area contributed by atoms with E-state index in [2.05, 4.69) is 11.4 Å². The van der Waals surface area contributed by atoms with Crippen LogP contribution in [0.5, 0.6) is 5.75 Å². The fraction of sp³-hybridized carbons (Fsp3) is 0.222. The third kappa shape index (κ3) is 5.06. The van der Waals surface area contributed by atoms with Crippen molar-refractivity contribution in [1.29, 1.82) is 5.26 Å². The molecular formula is C18H18N2O4S. The topological polar surface area (TPSA) is 96.3 Å².